The second-order valence-corrected chi connectivity index (χ2v) is 7.16. The molecule has 3 rings (SSSR count). The number of hydrogen-bond donors (Lipinski definition) is 2. The zero-order valence-corrected chi connectivity index (χ0v) is 14.6. The topological polar surface area (TPSA) is 55.8 Å². The summed E-state index contributed by atoms with van der Waals surface area (Å²) in [6.07, 6.45) is 3.08. The van der Waals surface area contributed by atoms with Gasteiger partial charge in [-0.3, -0.25) is 4.90 Å². The Kier molecular flexibility index (Phi) is 5.74. The van der Waals surface area contributed by atoms with Crippen LogP contribution < -0.4 is 5.32 Å². The molecule has 2 aliphatic heterocycles. The quantitative estimate of drug-likeness (QED) is 0.885. The van der Waals surface area contributed by atoms with Crippen LogP contribution >= 0.6 is 0 Å². The van der Waals surface area contributed by atoms with Crippen molar-refractivity contribution in [2.75, 3.05) is 32.8 Å². The number of nitrogens with one attached hydrogen (secondary N) is 1. The molecule has 5 heteroatoms. The fourth-order valence-electron chi connectivity index (χ4n) is 3.77. The van der Waals surface area contributed by atoms with Gasteiger partial charge < -0.3 is 15.3 Å². The third-order valence-corrected chi connectivity index (χ3v) is 5.40. The number of aliphatic hydroxyl groups is 1. The number of benzene rings is 1. The van der Waals surface area contributed by atoms with Crippen LogP contribution in [0.3, 0.4) is 0 Å². The largest absolute Gasteiger partial charge is 0.396 e. The average Bonchev–Trinajstić information content (AvgIpc) is 2.65. The highest BCUT2D eigenvalue weighted by Crippen LogP contribution is 2.20. The molecule has 0 bridgehead atoms. The summed E-state index contributed by atoms with van der Waals surface area (Å²) in [7, 11) is 0. The maximum atomic E-state index is 12.4. The number of nitrogens with zero attached hydrogens (tertiary/aromatic N) is 2. The zero-order valence-electron chi connectivity index (χ0n) is 14.6. The molecule has 2 amide bonds. The van der Waals surface area contributed by atoms with Crippen LogP contribution in [0.15, 0.2) is 24.3 Å². The van der Waals surface area contributed by atoms with Crippen molar-refractivity contribution in [1.29, 1.82) is 0 Å². The lowest BCUT2D eigenvalue weighted by atomic mass is 9.99. The van der Waals surface area contributed by atoms with Gasteiger partial charge in [0.2, 0.25) is 0 Å². The molecule has 0 saturated carbocycles. The number of carbonyl (C=O) groups excluding carboxylic acids is 1. The van der Waals surface area contributed by atoms with Gasteiger partial charge in [0.1, 0.15) is 0 Å². The molecule has 0 aromatic heterocycles. The number of hydrogen-bond acceptors (Lipinski definition) is 3. The molecule has 2 atom stereocenters. The molecule has 2 N–H and O–H groups in total. The predicted octanol–water partition coefficient (Wildman–Crippen LogP) is 1.85. The first kappa shape index (κ1) is 17.2. The van der Waals surface area contributed by atoms with Gasteiger partial charge in [0.15, 0.2) is 0 Å². The molecule has 0 aliphatic carbocycles. The lowest BCUT2D eigenvalue weighted by Crippen LogP contribution is -2.50. The van der Waals surface area contributed by atoms with Crippen LogP contribution in [-0.2, 0) is 13.0 Å². The van der Waals surface area contributed by atoms with E-state index in [1.807, 2.05) is 4.90 Å². The van der Waals surface area contributed by atoms with Crippen LogP contribution in [0, 0.1) is 5.92 Å². The Bertz CT molecular complexity index is 563. The van der Waals surface area contributed by atoms with Crippen molar-refractivity contribution in [3.63, 3.8) is 0 Å². The molecule has 132 valence electrons. The van der Waals surface area contributed by atoms with E-state index in [-0.39, 0.29) is 18.6 Å². The maximum absolute atomic E-state index is 12.4. The molecular formula is C19H29N3O2. The van der Waals surface area contributed by atoms with E-state index in [0.29, 0.717) is 19.1 Å². The Labute approximate surface area is 144 Å². The van der Waals surface area contributed by atoms with Gasteiger partial charge in [0.25, 0.3) is 0 Å². The summed E-state index contributed by atoms with van der Waals surface area (Å²) in [5.74, 6) is 0.237. The molecule has 1 aromatic rings. The highest BCUT2D eigenvalue weighted by atomic mass is 16.3. The fourth-order valence-corrected chi connectivity index (χ4v) is 3.77. The maximum Gasteiger partial charge on any atom is 0.317 e. The summed E-state index contributed by atoms with van der Waals surface area (Å²) >= 11 is 0. The second-order valence-electron chi connectivity index (χ2n) is 7.16. The Morgan fingerprint density at radius 3 is 2.92 bits per heavy atom. The number of rotatable bonds is 4. The molecule has 24 heavy (non-hydrogen) atoms. The summed E-state index contributed by atoms with van der Waals surface area (Å²) in [4.78, 5) is 16.6. The highest BCUT2D eigenvalue weighted by molar-refractivity contribution is 5.74. The van der Waals surface area contributed by atoms with Crippen molar-refractivity contribution >= 4 is 6.03 Å². The number of urea groups is 1. The van der Waals surface area contributed by atoms with E-state index in [9.17, 15) is 9.90 Å². The number of carbonyl (C=O) groups is 1. The molecule has 2 aliphatic rings. The van der Waals surface area contributed by atoms with E-state index >= 15 is 0 Å². The van der Waals surface area contributed by atoms with Crippen LogP contribution in [0.25, 0.3) is 0 Å². The molecule has 1 aromatic carbocycles. The van der Waals surface area contributed by atoms with Crippen LogP contribution in [0.4, 0.5) is 4.79 Å². The van der Waals surface area contributed by atoms with E-state index in [0.717, 1.165) is 38.9 Å². The lowest BCUT2D eigenvalue weighted by molar-refractivity contribution is 0.126. The minimum absolute atomic E-state index is 0.0115. The first-order chi connectivity index (χ1) is 11.7. The van der Waals surface area contributed by atoms with Gasteiger partial charge in [0.05, 0.1) is 0 Å². The molecular weight excluding hydrogens is 302 g/mol. The van der Waals surface area contributed by atoms with E-state index in [1.54, 1.807) is 0 Å². The normalized spacial score (nSPS) is 22.8. The zero-order chi connectivity index (χ0) is 16.9. The van der Waals surface area contributed by atoms with Crippen molar-refractivity contribution in [3.05, 3.63) is 35.4 Å². The van der Waals surface area contributed by atoms with Gasteiger partial charge in [0, 0.05) is 45.4 Å². The number of fused-ring (bicyclic) bond motifs is 1. The van der Waals surface area contributed by atoms with E-state index in [1.165, 1.54) is 11.1 Å². The Morgan fingerprint density at radius 1 is 1.33 bits per heavy atom. The molecule has 5 nitrogen and oxygen atoms in total. The Morgan fingerprint density at radius 2 is 2.12 bits per heavy atom. The summed E-state index contributed by atoms with van der Waals surface area (Å²) in [5.41, 5.74) is 2.86. The fraction of sp³-hybridized carbons (Fsp3) is 0.632. The average molecular weight is 331 g/mol. The van der Waals surface area contributed by atoms with Gasteiger partial charge in [-0.05, 0) is 43.2 Å². The molecule has 0 spiro atoms. The monoisotopic (exact) mass is 331 g/mol. The van der Waals surface area contributed by atoms with Gasteiger partial charge in [-0.15, -0.1) is 0 Å². The van der Waals surface area contributed by atoms with Gasteiger partial charge in [-0.2, -0.15) is 0 Å². The molecule has 0 radical (unpaired) electrons. The van der Waals surface area contributed by atoms with Crippen molar-refractivity contribution in [2.45, 2.75) is 38.8 Å². The number of likely N-dealkylation sites (tertiary alicyclic amines) is 1. The molecule has 1 saturated heterocycles. The van der Waals surface area contributed by atoms with Crippen molar-refractivity contribution in [3.8, 4) is 0 Å². The van der Waals surface area contributed by atoms with Gasteiger partial charge in [-0.25, -0.2) is 4.79 Å². The summed E-state index contributed by atoms with van der Waals surface area (Å²) in [6.45, 7) is 6.51. The number of aliphatic hydroxyl groups excluding tert-OH is 1. The third-order valence-electron chi connectivity index (χ3n) is 5.40. The van der Waals surface area contributed by atoms with Crippen LogP contribution in [0.5, 0.6) is 0 Å². The molecule has 1 fully saturated rings. The van der Waals surface area contributed by atoms with Crippen molar-refractivity contribution in [2.24, 2.45) is 5.92 Å². The lowest BCUT2D eigenvalue weighted by Gasteiger charge is -2.35. The number of piperidine rings is 1. The van der Waals surface area contributed by atoms with E-state index in [4.69, 9.17) is 0 Å². The minimum Gasteiger partial charge on any atom is -0.396 e. The van der Waals surface area contributed by atoms with Crippen molar-refractivity contribution < 1.29 is 9.90 Å². The summed E-state index contributed by atoms with van der Waals surface area (Å²) < 4.78 is 0. The first-order valence-electron chi connectivity index (χ1n) is 9.12. The second kappa shape index (κ2) is 7.99. The van der Waals surface area contributed by atoms with Gasteiger partial charge >= 0.3 is 6.03 Å². The Hall–Kier alpha value is -1.59. The third kappa shape index (κ3) is 4.08. The van der Waals surface area contributed by atoms with E-state index < -0.39 is 0 Å². The minimum atomic E-state index is 0.0115. The van der Waals surface area contributed by atoms with Gasteiger partial charge in [-0.1, -0.05) is 24.3 Å². The number of amides is 2. The molecule has 2 heterocycles. The summed E-state index contributed by atoms with van der Waals surface area (Å²) in [5, 5.41) is 12.4. The highest BCUT2D eigenvalue weighted by Gasteiger charge is 2.24. The molecule has 2 unspecified atom stereocenters. The van der Waals surface area contributed by atoms with Crippen LogP contribution in [0.1, 0.15) is 30.9 Å². The smallest absolute Gasteiger partial charge is 0.317 e. The Balaban J connectivity index is 1.47. The van der Waals surface area contributed by atoms with Crippen LogP contribution in [-0.4, -0.2) is 59.8 Å². The van der Waals surface area contributed by atoms with Crippen molar-refractivity contribution in [1.82, 2.24) is 15.1 Å². The predicted molar refractivity (Wildman–Crippen MR) is 94.8 cm³/mol. The standard InChI is InChI=1S/C19H29N3O2/c1-15(21-10-8-17-6-2-3-7-18(17)13-21)11-20-19(24)22-9-4-5-16(12-22)14-23/h2-3,6-7,15-16,23H,4-5,8-14H2,1H3,(H,20,24). The van der Waals surface area contributed by atoms with E-state index in [2.05, 4.69) is 41.4 Å². The SMILES string of the molecule is CC(CNC(=O)N1CCCC(CO)C1)N1CCc2ccccc2C1. The first-order valence-corrected chi connectivity index (χ1v) is 9.12. The van der Waals surface area contributed by atoms with Crippen LogP contribution in [0.2, 0.25) is 0 Å². The summed E-state index contributed by atoms with van der Waals surface area (Å²) in [6, 6.07) is 8.96.